The van der Waals surface area contributed by atoms with Gasteiger partial charge in [0.1, 0.15) is 0 Å². The van der Waals surface area contributed by atoms with Crippen molar-refractivity contribution < 1.29 is 30.7 Å². The first-order valence-corrected chi connectivity index (χ1v) is 11.1. The van der Waals surface area contributed by atoms with Crippen molar-refractivity contribution in [3.8, 4) is 5.75 Å². The first-order valence-electron chi connectivity index (χ1n) is 8.13. The number of rotatable bonds is 5. The maximum atomic E-state index is 12.5. The molecule has 4 aromatic rings. The summed E-state index contributed by atoms with van der Waals surface area (Å²) in [6, 6.07) is 19.7. The Kier molecular flexibility index (Phi) is 5.30. The SMILES string of the molecule is COc1ccc2nc(NC(=O)c3ccc([I-]c4ccccc4)cn3)sc2c1. The van der Waals surface area contributed by atoms with Gasteiger partial charge in [-0.3, -0.25) is 0 Å². The molecule has 0 bridgehead atoms. The van der Waals surface area contributed by atoms with E-state index in [4.69, 9.17) is 4.74 Å². The fourth-order valence-corrected chi connectivity index (χ4v) is 5.44. The third-order valence-corrected chi connectivity index (χ3v) is 7.26. The van der Waals surface area contributed by atoms with Gasteiger partial charge in [0.05, 0.1) is 7.11 Å². The Labute approximate surface area is 170 Å². The van der Waals surface area contributed by atoms with Crippen molar-refractivity contribution in [2.24, 2.45) is 0 Å². The predicted octanol–water partition coefficient (Wildman–Crippen LogP) is 1.08. The number of aromatic nitrogens is 2. The molecule has 1 N–H and O–H groups in total. The molecule has 7 heteroatoms. The van der Waals surface area contributed by atoms with Crippen LogP contribution in [0.1, 0.15) is 10.5 Å². The quantitative estimate of drug-likeness (QED) is 0.428. The molecule has 2 aromatic carbocycles. The van der Waals surface area contributed by atoms with Crippen molar-refractivity contribution in [1.29, 1.82) is 0 Å². The maximum absolute atomic E-state index is 12.5. The van der Waals surface area contributed by atoms with Gasteiger partial charge in [0, 0.05) is 0 Å². The van der Waals surface area contributed by atoms with E-state index in [1.165, 1.54) is 18.5 Å². The summed E-state index contributed by atoms with van der Waals surface area (Å²) in [4.78, 5) is 21.2. The van der Waals surface area contributed by atoms with E-state index in [2.05, 4.69) is 27.4 Å². The molecule has 0 radical (unpaired) electrons. The zero-order valence-corrected chi connectivity index (χ0v) is 17.3. The van der Waals surface area contributed by atoms with Gasteiger partial charge in [-0.15, -0.1) is 0 Å². The van der Waals surface area contributed by atoms with E-state index in [0.717, 1.165) is 16.0 Å². The van der Waals surface area contributed by atoms with E-state index < -0.39 is 0 Å². The summed E-state index contributed by atoms with van der Waals surface area (Å²) in [5.41, 5.74) is 1.21. The average Bonchev–Trinajstić information content (AvgIpc) is 3.10. The second kappa shape index (κ2) is 8.01. The molecule has 0 saturated carbocycles. The molecular formula is C20H15IN3O2S-. The minimum atomic E-state index is -0.289. The molecule has 2 heterocycles. The van der Waals surface area contributed by atoms with Crippen LogP contribution in [0.2, 0.25) is 0 Å². The Bertz CT molecular complexity index is 1080. The molecule has 0 saturated heterocycles. The summed E-state index contributed by atoms with van der Waals surface area (Å²) in [5.74, 6) is 0.508. The molecule has 0 aliphatic rings. The number of carbonyl (C=O) groups is 1. The van der Waals surface area contributed by atoms with Crippen LogP contribution in [0, 0.1) is 7.14 Å². The molecule has 0 spiro atoms. The van der Waals surface area contributed by atoms with Gasteiger partial charge >= 0.3 is 164 Å². The van der Waals surface area contributed by atoms with Crippen LogP contribution < -0.4 is 31.3 Å². The van der Waals surface area contributed by atoms with Crippen LogP contribution in [0.4, 0.5) is 5.13 Å². The van der Waals surface area contributed by atoms with Crippen LogP contribution in [0.5, 0.6) is 5.75 Å². The molecule has 0 unspecified atom stereocenters. The number of hydrogen-bond donors (Lipinski definition) is 1. The van der Waals surface area contributed by atoms with Crippen molar-refractivity contribution in [1.82, 2.24) is 9.97 Å². The molecule has 4 rings (SSSR count). The van der Waals surface area contributed by atoms with Crippen molar-refractivity contribution in [3.63, 3.8) is 0 Å². The molecule has 1 amide bonds. The van der Waals surface area contributed by atoms with Gasteiger partial charge in [-0.1, -0.05) is 0 Å². The van der Waals surface area contributed by atoms with Gasteiger partial charge in [0.25, 0.3) is 0 Å². The number of amides is 1. The third-order valence-electron chi connectivity index (χ3n) is 3.73. The number of nitrogens with one attached hydrogen (secondary N) is 1. The zero-order valence-electron chi connectivity index (χ0n) is 14.3. The standard InChI is InChI=1S/C20H15IN3O2S/c1-26-15-8-10-16-18(11-15)27-20(23-16)24-19(25)17-9-7-14(12-22-17)21-13-5-3-2-4-6-13/h2-12H,1H3,(H,23,24,25)/q-1. The van der Waals surface area contributed by atoms with Crippen LogP contribution in [0.3, 0.4) is 0 Å². The number of nitrogens with zero attached hydrogens (tertiary/aromatic N) is 2. The molecule has 0 fully saturated rings. The number of ether oxygens (including phenoxy) is 1. The first kappa shape index (κ1) is 17.9. The number of halogens is 1. The van der Waals surface area contributed by atoms with E-state index in [9.17, 15) is 4.79 Å². The summed E-state index contributed by atoms with van der Waals surface area (Å²) in [6.07, 6.45) is 1.79. The molecule has 0 atom stereocenters. The Hall–Kier alpha value is -2.52. The summed E-state index contributed by atoms with van der Waals surface area (Å²) in [7, 11) is 1.63. The van der Waals surface area contributed by atoms with Gasteiger partial charge in [-0.25, -0.2) is 0 Å². The van der Waals surface area contributed by atoms with Crippen molar-refractivity contribution >= 4 is 32.6 Å². The Morgan fingerprint density at radius 1 is 1.07 bits per heavy atom. The number of pyridine rings is 1. The number of fused-ring (bicyclic) bond motifs is 1. The van der Waals surface area contributed by atoms with E-state index in [-0.39, 0.29) is 27.1 Å². The summed E-state index contributed by atoms with van der Waals surface area (Å²) < 4.78 is 8.67. The fraction of sp³-hybridized carbons (Fsp3) is 0.0500. The summed E-state index contributed by atoms with van der Waals surface area (Å²) >= 11 is 1.12. The molecule has 0 aliphatic heterocycles. The van der Waals surface area contributed by atoms with Gasteiger partial charge in [0.2, 0.25) is 0 Å². The van der Waals surface area contributed by atoms with Gasteiger partial charge in [-0.2, -0.15) is 0 Å². The second-order valence-corrected chi connectivity index (χ2v) is 9.62. The molecule has 27 heavy (non-hydrogen) atoms. The first-order chi connectivity index (χ1) is 13.2. The Morgan fingerprint density at radius 3 is 2.67 bits per heavy atom. The molecule has 0 aliphatic carbocycles. The fourth-order valence-electron chi connectivity index (χ4n) is 2.42. The Morgan fingerprint density at radius 2 is 1.93 bits per heavy atom. The number of methoxy groups -OCH3 is 1. The van der Waals surface area contributed by atoms with E-state index in [1.54, 1.807) is 19.4 Å². The topological polar surface area (TPSA) is 64.1 Å². The zero-order chi connectivity index (χ0) is 18.6. The number of thiazole rings is 1. The van der Waals surface area contributed by atoms with E-state index >= 15 is 0 Å². The summed E-state index contributed by atoms with van der Waals surface area (Å²) in [5, 5.41) is 3.38. The minimum absolute atomic E-state index is 0.259. The van der Waals surface area contributed by atoms with Crippen LogP contribution in [-0.4, -0.2) is 23.0 Å². The van der Waals surface area contributed by atoms with Gasteiger partial charge < -0.3 is 0 Å². The van der Waals surface area contributed by atoms with Crippen molar-refractivity contribution in [2.45, 2.75) is 0 Å². The molecule has 136 valence electrons. The number of benzene rings is 2. The predicted molar refractivity (Wildman–Crippen MR) is 102 cm³/mol. The Balaban J connectivity index is 1.46. The second-order valence-electron chi connectivity index (χ2n) is 5.56. The monoisotopic (exact) mass is 488 g/mol. The van der Waals surface area contributed by atoms with Crippen molar-refractivity contribution in [3.05, 3.63) is 79.7 Å². The average molecular weight is 488 g/mol. The third kappa shape index (κ3) is 4.25. The summed E-state index contributed by atoms with van der Waals surface area (Å²) in [6.45, 7) is 0. The number of carbonyl (C=O) groups excluding carboxylic acids is 1. The normalized spacial score (nSPS) is 10.9. The number of hydrogen-bond acceptors (Lipinski definition) is 5. The number of anilines is 1. The van der Waals surface area contributed by atoms with Gasteiger partial charge in [0.15, 0.2) is 0 Å². The van der Waals surface area contributed by atoms with E-state index in [1.807, 2.05) is 42.5 Å². The molecule has 2 aromatic heterocycles. The van der Waals surface area contributed by atoms with Crippen LogP contribution in [0.15, 0.2) is 66.9 Å². The van der Waals surface area contributed by atoms with Crippen LogP contribution in [-0.2, 0) is 0 Å². The molecule has 5 nitrogen and oxygen atoms in total. The van der Waals surface area contributed by atoms with Gasteiger partial charge in [-0.05, 0) is 0 Å². The van der Waals surface area contributed by atoms with Crippen LogP contribution >= 0.6 is 11.3 Å². The van der Waals surface area contributed by atoms with Crippen LogP contribution in [0.25, 0.3) is 10.2 Å². The van der Waals surface area contributed by atoms with E-state index in [0.29, 0.717) is 10.8 Å². The van der Waals surface area contributed by atoms with Crippen molar-refractivity contribution in [2.75, 3.05) is 12.4 Å². The molecular weight excluding hydrogens is 473 g/mol.